The maximum Gasteiger partial charge on any atom is 0.136 e. The maximum absolute atomic E-state index is 10.6. The van der Waals surface area contributed by atoms with Crippen molar-refractivity contribution in [2.45, 2.75) is 20.4 Å². The third-order valence-corrected chi connectivity index (χ3v) is 4.18. The summed E-state index contributed by atoms with van der Waals surface area (Å²) in [5.74, 6) is 0. The zero-order valence-electron chi connectivity index (χ0n) is 13.9. The van der Waals surface area contributed by atoms with Gasteiger partial charge in [0.25, 0.3) is 0 Å². The minimum absolute atomic E-state index is 0.0846. The molecule has 0 radical (unpaired) electrons. The second-order valence-electron chi connectivity index (χ2n) is 5.92. The highest BCUT2D eigenvalue weighted by atomic mass is 16.3. The lowest BCUT2D eigenvalue weighted by molar-refractivity contribution is 0.952. The van der Waals surface area contributed by atoms with Crippen LogP contribution in [-0.2, 0) is 6.54 Å². The highest BCUT2D eigenvalue weighted by Crippen LogP contribution is 2.32. The van der Waals surface area contributed by atoms with Crippen LogP contribution in [0, 0.1) is 18.8 Å². The molecule has 0 amide bonds. The Bertz CT molecular complexity index is 1080. The van der Waals surface area contributed by atoms with Gasteiger partial charge in [-0.15, -0.1) is 0 Å². The average Bonchev–Trinajstić information content (AvgIpc) is 3.19. The van der Waals surface area contributed by atoms with Gasteiger partial charge in [-0.1, -0.05) is 11.2 Å². The molecule has 0 aliphatic rings. The molecule has 0 bridgehead atoms. The summed E-state index contributed by atoms with van der Waals surface area (Å²) in [5, 5.41) is 10.5. The van der Waals surface area contributed by atoms with Gasteiger partial charge >= 0.3 is 0 Å². The first-order chi connectivity index (χ1) is 12.2. The monoisotopic (exact) mass is 332 g/mol. The summed E-state index contributed by atoms with van der Waals surface area (Å²) in [7, 11) is 0. The highest BCUT2D eigenvalue weighted by Gasteiger charge is 2.16. The van der Waals surface area contributed by atoms with Crippen molar-refractivity contribution in [2.24, 2.45) is 5.18 Å². The fraction of sp³-hybridized carbons (Fsp3) is 0.167. The van der Waals surface area contributed by atoms with E-state index in [0.29, 0.717) is 0 Å². The Morgan fingerprint density at radius 3 is 2.88 bits per heavy atom. The molecule has 4 heterocycles. The van der Waals surface area contributed by atoms with Gasteiger partial charge in [-0.25, -0.2) is 4.98 Å². The Morgan fingerprint density at radius 1 is 1.20 bits per heavy atom. The summed E-state index contributed by atoms with van der Waals surface area (Å²) >= 11 is 0. The van der Waals surface area contributed by atoms with Crippen LogP contribution in [0.5, 0.6) is 0 Å². The summed E-state index contributed by atoms with van der Waals surface area (Å²) in [6.45, 7) is 4.02. The molecule has 0 saturated carbocycles. The van der Waals surface area contributed by atoms with Crippen LogP contribution in [0.15, 0.2) is 47.9 Å². The molecule has 0 unspecified atom stereocenters. The highest BCUT2D eigenvalue weighted by molar-refractivity contribution is 5.81. The number of aryl methyl sites for hydroxylation is 2. The zero-order chi connectivity index (χ0) is 17.4. The minimum Gasteiger partial charge on any atom is -0.301 e. The van der Waals surface area contributed by atoms with E-state index in [4.69, 9.17) is 0 Å². The summed E-state index contributed by atoms with van der Waals surface area (Å²) in [5.41, 5.74) is 7.00. The van der Waals surface area contributed by atoms with Crippen molar-refractivity contribution in [3.63, 3.8) is 0 Å². The normalized spacial score (nSPS) is 11.1. The topological polar surface area (TPSA) is 88.3 Å². The first-order valence-electron chi connectivity index (χ1n) is 7.92. The number of nitrogens with one attached hydrogen (secondary N) is 1. The lowest BCUT2D eigenvalue weighted by Crippen LogP contribution is -1.94. The SMILES string of the molecule is Cc1cccc(-c2n[nH]c(C)c2-c2ccc3ncc(CN=O)n3c2)n1. The van der Waals surface area contributed by atoms with Crippen LogP contribution >= 0.6 is 0 Å². The van der Waals surface area contributed by atoms with Crippen molar-refractivity contribution < 1.29 is 0 Å². The summed E-state index contributed by atoms with van der Waals surface area (Å²) in [6.07, 6.45) is 3.63. The maximum atomic E-state index is 10.6. The van der Waals surface area contributed by atoms with E-state index in [1.54, 1.807) is 6.20 Å². The smallest absolute Gasteiger partial charge is 0.136 e. The van der Waals surface area contributed by atoms with Crippen LogP contribution < -0.4 is 0 Å². The van der Waals surface area contributed by atoms with Crippen LogP contribution in [-0.4, -0.2) is 24.6 Å². The van der Waals surface area contributed by atoms with Gasteiger partial charge in [-0.05, 0) is 38.1 Å². The summed E-state index contributed by atoms with van der Waals surface area (Å²) in [4.78, 5) is 19.5. The molecule has 0 aromatic carbocycles. The Morgan fingerprint density at radius 2 is 2.08 bits per heavy atom. The largest absolute Gasteiger partial charge is 0.301 e. The summed E-state index contributed by atoms with van der Waals surface area (Å²) in [6, 6.07) is 9.79. The number of imidazole rings is 1. The number of H-pyrrole nitrogens is 1. The average molecular weight is 332 g/mol. The molecular formula is C18H16N6O. The van der Waals surface area contributed by atoms with E-state index in [-0.39, 0.29) is 6.54 Å². The van der Waals surface area contributed by atoms with Crippen LogP contribution in [0.3, 0.4) is 0 Å². The van der Waals surface area contributed by atoms with Crippen LogP contribution in [0.2, 0.25) is 0 Å². The van der Waals surface area contributed by atoms with Gasteiger partial charge in [0, 0.05) is 28.7 Å². The predicted molar refractivity (Wildman–Crippen MR) is 95.0 cm³/mol. The van der Waals surface area contributed by atoms with E-state index in [2.05, 4.69) is 25.3 Å². The van der Waals surface area contributed by atoms with Gasteiger partial charge in [0.2, 0.25) is 0 Å². The molecule has 4 aromatic heterocycles. The molecule has 0 saturated heterocycles. The van der Waals surface area contributed by atoms with E-state index < -0.39 is 0 Å². The lowest BCUT2D eigenvalue weighted by Gasteiger charge is -2.07. The van der Waals surface area contributed by atoms with Gasteiger partial charge < -0.3 is 4.40 Å². The van der Waals surface area contributed by atoms with Gasteiger partial charge in [-0.2, -0.15) is 10.0 Å². The van der Waals surface area contributed by atoms with Gasteiger partial charge in [-0.3, -0.25) is 10.1 Å². The molecule has 0 atom stereocenters. The Hall–Kier alpha value is -3.35. The number of hydrogen-bond acceptors (Lipinski definition) is 5. The van der Waals surface area contributed by atoms with Crippen molar-refractivity contribution in [3.05, 3.63) is 64.7 Å². The number of aromatic nitrogens is 5. The van der Waals surface area contributed by atoms with E-state index >= 15 is 0 Å². The molecule has 1 N–H and O–H groups in total. The van der Waals surface area contributed by atoms with Crippen molar-refractivity contribution in [3.8, 4) is 22.5 Å². The Balaban J connectivity index is 1.90. The number of hydrogen-bond donors (Lipinski definition) is 1. The first-order valence-corrected chi connectivity index (χ1v) is 7.92. The third-order valence-electron chi connectivity index (χ3n) is 4.18. The van der Waals surface area contributed by atoms with Crippen molar-refractivity contribution in [2.75, 3.05) is 0 Å². The molecule has 0 aliphatic carbocycles. The molecule has 7 heteroatoms. The quantitative estimate of drug-likeness (QED) is 0.577. The fourth-order valence-corrected chi connectivity index (χ4v) is 3.00. The van der Waals surface area contributed by atoms with Gasteiger partial charge in [0.05, 0.1) is 17.6 Å². The molecule has 4 aromatic rings. The van der Waals surface area contributed by atoms with Crippen LogP contribution in [0.4, 0.5) is 0 Å². The van der Waals surface area contributed by atoms with E-state index in [0.717, 1.165) is 45.2 Å². The van der Waals surface area contributed by atoms with E-state index in [1.807, 2.05) is 54.8 Å². The fourth-order valence-electron chi connectivity index (χ4n) is 3.00. The Labute approximate surface area is 143 Å². The minimum atomic E-state index is 0.0846. The second-order valence-corrected chi connectivity index (χ2v) is 5.92. The Kier molecular flexibility index (Phi) is 3.61. The van der Waals surface area contributed by atoms with Crippen molar-refractivity contribution in [1.29, 1.82) is 0 Å². The molecule has 0 fully saturated rings. The molecular weight excluding hydrogens is 316 g/mol. The molecule has 124 valence electrons. The molecule has 7 nitrogen and oxygen atoms in total. The predicted octanol–water partition coefficient (Wildman–Crippen LogP) is 3.67. The van der Waals surface area contributed by atoms with Crippen molar-refractivity contribution in [1.82, 2.24) is 24.6 Å². The second kappa shape index (κ2) is 5.94. The summed E-state index contributed by atoms with van der Waals surface area (Å²) < 4.78 is 1.89. The zero-order valence-corrected chi connectivity index (χ0v) is 13.9. The van der Waals surface area contributed by atoms with E-state index in [9.17, 15) is 4.91 Å². The third kappa shape index (κ3) is 2.59. The van der Waals surface area contributed by atoms with E-state index in [1.165, 1.54) is 0 Å². The van der Waals surface area contributed by atoms with Crippen molar-refractivity contribution >= 4 is 5.65 Å². The standard InChI is InChI=1S/C18H16N6O/c1-11-4-3-5-15(21-11)18-17(12(2)22-23-18)13-6-7-16-19-8-14(9-20-25)24(16)10-13/h3-8,10H,9H2,1-2H3,(H,22,23). The number of rotatable bonds is 4. The molecule has 0 aliphatic heterocycles. The number of nitrogens with zero attached hydrogens (tertiary/aromatic N) is 5. The van der Waals surface area contributed by atoms with Gasteiger partial charge in [0.15, 0.2) is 0 Å². The molecule has 25 heavy (non-hydrogen) atoms. The number of fused-ring (bicyclic) bond motifs is 1. The molecule has 0 spiro atoms. The first kappa shape index (κ1) is 15.2. The van der Waals surface area contributed by atoms with Gasteiger partial charge in [0.1, 0.15) is 17.9 Å². The van der Waals surface area contributed by atoms with Crippen LogP contribution in [0.1, 0.15) is 17.1 Å². The van der Waals surface area contributed by atoms with Crippen LogP contribution in [0.25, 0.3) is 28.2 Å². The number of nitroso groups, excluding NO2 is 1. The number of aromatic amines is 1. The lowest BCUT2D eigenvalue weighted by atomic mass is 10.0. The number of pyridine rings is 2. The molecule has 4 rings (SSSR count).